The normalized spacial score (nSPS) is 14.1. The maximum Gasteiger partial charge on any atom is 0.252 e. The van der Waals surface area contributed by atoms with E-state index in [0.717, 1.165) is 18.6 Å². The molecular formula is C18H22N4O2. The first-order valence-corrected chi connectivity index (χ1v) is 8.32. The highest BCUT2D eigenvalue weighted by Gasteiger charge is 2.09. The zero-order valence-electron chi connectivity index (χ0n) is 13.8. The average Bonchev–Trinajstić information content (AvgIpc) is 3.01. The van der Waals surface area contributed by atoms with Crippen LogP contribution in [0.4, 0.5) is 11.5 Å². The minimum Gasteiger partial charge on any atom is -0.360 e. The summed E-state index contributed by atoms with van der Waals surface area (Å²) in [7, 11) is 0. The third-order valence-electron chi connectivity index (χ3n) is 4.02. The molecule has 2 aromatic heterocycles. The van der Waals surface area contributed by atoms with Crippen molar-refractivity contribution in [3.63, 3.8) is 0 Å². The summed E-state index contributed by atoms with van der Waals surface area (Å²) in [6.45, 7) is 2.48. The minimum atomic E-state index is -0.112. The van der Waals surface area contributed by atoms with Gasteiger partial charge in [-0.25, -0.2) is 0 Å². The Kier molecular flexibility index (Phi) is 5.25. The molecule has 0 radical (unpaired) electrons. The fraction of sp³-hybridized carbons (Fsp3) is 0.389. The van der Waals surface area contributed by atoms with Crippen LogP contribution in [0.3, 0.4) is 0 Å². The summed E-state index contributed by atoms with van der Waals surface area (Å²) in [4.78, 5) is 16.4. The van der Waals surface area contributed by atoms with E-state index >= 15 is 0 Å². The van der Waals surface area contributed by atoms with Gasteiger partial charge in [0.05, 0.1) is 17.4 Å². The number of hydrogen-bond acceptors (Lipinski definition) is 5. The Morgan fingerprint density at radius 1 is 1.29 bits per heavy atom. The fourth-order valence-electron chi connectivity index (χ4n) is 2.78. The van der Waals surface area contributed by atoms with Crippen molar-refractivity contribution in [2.24, 2.45) is 0 Å². The fourth-order valence-corrected chi connectivity index (χ4v) is 2.78. The largest absolute Gasteiger partial charge is 0.360 e. The second-order valence-corrected chi connectivity index (χ2v) is 6.02. The van der Waals surface area contributed by atoms with E-state index in [-0.39, 0.29) is 5.91 Å². The standard InChI is InChI=1S/C18H22N4O2/c1-13-9-17(22-24-13)21-16-10-15(11-19-12-16)18(23)20-8-7-14-5-3-2-4-6-14/h5,9-12H,2-4,6-8H2,1H3,(H,20,23)(H,21,22). The van der Waals surface area contributed by atoms with E-state index in [1.165, 1.54) is 24.8 Å². The Hall–Kier alpha value is -2.63. The third kappa shape index (κ3) is 4.44. The number of allylic oxidation sites excluding steroid dienone is 1. The second kappa shape index (κ2) is 7.77. The lowest BCUT2D eigenvalue weighted by Crippen LogP contribution is -2.25. The van der Waals surface area contributed by atoms with Crippen LogP contribution in [-0.4, -0.2) is 22.6 Å². The zero-order chi connectivity index (χ0) is 16.8. The van der Waals surface area contributed by atoms with E-state index in [1.54, 1.807) is 24.5 Å². The molecule has 0 spiro atoms. The summed E-state index contributed by atoms with van der Waals surface area (Å²) in [5.41, 5.74) is 2.68. The van der Waals surface area contributed by atoms with Crippen LogP contribution in [0.15, 0.2) is 40.7 Å². The number of hydrogen-bond donors (Lipinski definition) is 2. The number of nitrogens with one attached hydrogen (secondary N) is 2. The van der Waals surface area contributed by atoms with Crippen molar-refractivity contribution < 1.29 is 9.32 Å². The lowest BCUT2D eigenvalue weighted by Gasteiger charge is -2.13. The monoisotopic (exact) mass is 326 g/mol. The number of nitrogens with zero attached hydrogens (tertiary/aromatic N) is 2. The smallest absolute Gasteiger partial charge is 0.252 e. The molecule has 2 heterocycles. The van der Waals surface area contributed by atoms with E-state index in [4.69, 9.17) is 4.52 Å². The third-order valence-corrected chi connectivity index (χ3v) is 4.02. The number of aryl methyl sites for hydroxylation is 1. The van der Waals surface area contributed by atoms with Crippen LogP contribution in [0.2, 0.25) is 0 Å². The van der Waals surface area contributed by atoms with Crippen LogP contribution in [0.1, 0.15) is 48.2 Å². The molecule has 0 saturated carbocycles. The Morgan fingerprint density at radius 2 is 2.21 bits per heavy atom. The summed E-state index contributed by atoms with van der Waals surface area (Å²) in [5, 5.41) is 9.90. The van der Waals surface area contributed by atoms with Gasteiger partial charge in [-0.1, -0.05) is 16.8 Å². The molecule has 6 nitrogen and oxygen atoms in total. The highest BCUT2D eigenvalue weighted by atomic mass is 16.5. The van der Waals surface area contributed by atoms with E-state index in [1.807, 2.05) is 6.92 Å². The number of carbonyl (C=O) groups excluding carboxylic acids is 1. The van der Waals surface area contributed by atoms with E-state index in [0.29, 0.717) is 23.6 Å². The molecule has 1 aliphatic rings. The van der Waals surface area contributed by atoms with Gasteiger partial charge in [0.2, 0.25) is 0 Å². The molecule has 126 valence electrons. The summed E-state index contributed by atoms with van der Waals surface area (Å²) in [6, 6.07) is 3.54. The SMILES string of the molecule is Cc1cc(Nc2cncc(C(=O)NCCC3=CCCCC3)c2)no1. The van der Waals surface area contributed by atoms with Gasteiger partial charge in [0.1, 0.15) is 5.76 Å². The highest BCUT2D eigenvalue weighted by molar-refractivity contribution is 5.94. The summed E-state index contributed by atoms with van der Waals surface area (Å²) in [5.74, 6) is 1.20. The molecule has 0 fully saturated rings. The molecule has 0 aliphatic heterocycles. The van der Waals surface area contributed by atoms with Gasteiger partial charge in [-0.05, 0) is 45.1 Å². The Bertz CT molecular complexity index is 736. The molecule has 1 amide bonds. The van der Waals surface area contributed by atoms with Gasteiger partial charge in [0.25, 0.3) is 5.91 Å². The Labute approximate surface area is 141 Å². The quantitative estimate of drug-likeness (QED) is 0.790. The number of amides is 1. The van der Waals surface area contributed by atoms with Gasteiger partial charge in [-0.15, -0.1) is 0 Å². The van der Waals surface area contributed by atoms with Crippen LogP contribution in [-0.2, 0) is 0 Å². The molecule has 0 aromatic carbocycles. The molecular weight excluding hydrogens is 304 g/mol. The van der Waals surface area contributed by atoms with Gasteiger partial charge >= 0.3 is 0 Å². The maximum absolute atomic E-state index is 12.3. The van der Waals surface area contributed by atoms with Crippen molar-refractivity contribution in [3.05, 3.63) is 47.5 Å². The molecule has 1 aliphatic carbocycles. The summed E-state index contributed by atoms with van der Waals surface area (Å²) >= 11 is 0. The predicted octanol–water partition coefficient (Wildman–Crippen LogP) is 3.74. The van der Waals surface area contributed by atoms with Crippen molar-refractivity contribution in [3.8, 4) is 0 Å². The molecule has 3 rings (SSSR count). The lowest BCUT2D eigenvalue weighted by atomic mass is 9.97. The van der Waals surface area contributed by atoms with Crippen molar-refractivity contribution in [1.29, 1.82) is 0 Å². The highest BCUT2D eigenvalue weighted by Crippen LogP contribution is 2.19. The van der Waals surface area contributed by atoms with E-state index < -0.39 is 0 Å². The molecule has 0 unspecified atom stereocenters. The predicted molar refractivity (Wildman–Crippen MR) is 92.3 cm³/mol. The van der Waals surface area contributed by atoms with Crippen molar-refractivity contribution in [2.75, 3.05) is 11.9 Å². The van der Waals surface area contributed by atoms with Crippen molar-refractivity contribution >= 4 is 17.4 Å². The molecule has 2 N–H and O–H groups in total. The molecule has 2 aromatic rings. The first-order valence-electron chi connectivity index (χ1n) is 8.32. The Morgan fingerprint density at radius 3 is 2.96 bits per heavy atom. The van der Waals surface area contributed by atoms with Gasteiger partial charge in [-0.2, -0.15) is 0 Å². The van der Waals surface area contributed by atoms with Crippen LogP contribution >= 0.6 is 0 Å². The molecule has 0 atom stereocenters. The minimum absolute atomic E-state index is 0.112. The first kappa shape index (κ1) is 16.2. The van der Waals surface area contributed by atoms with E-state index in [2.05, 4.69) is 26.9 Å². The first-order chi connectivity index (χ1) is 11.7. The van der Waals surface area contributed by atoms with Crippen molar-refractivity contribution in [2.45, 2.75) is 39.0 Å². The van der Waals surface area contributed by atoms with Crippen LogP contribution in [0, 0.1) is 6.92 Å². The van der Waals surface area contributed by atoms with Gasteiger partial charge in [0, 0.05) is 18.8 Å². The number of pyridine rings is 1. The number of carbonyl (C=O) groups is 1. The average molecular weight is 326 g/mol. The van der Waals surface area contributed by atoms with Crippen molar-refractivity contribution in [1.82, 2.24) is 15.5 Å². The number of aromatic nitrogens is 2. The van der Waals surface area contributed by atoms with Crippen LogP contribution < -0.4 is 10.6 Å². The maximum atomic E-state index is 12.3. The molecule has 6 heteroatoms. The van der Waals surface area contributed by atoms with Gasteiger partial charge < -0.3 is 15.2 Å². The molecule has 0 saturated heterocycles. The zero-order valence-corrected chi connectivity index (χ0v) is 13.8. The number of rotatable bonds is 6. The Balaban J connectivity index is 1.54. The van der Waals surface area contributed by atoms with Crippen LogP contribution in [0.5, 0.6) is 0 Å². The second-order valence-electron chi connectivity index (χ2n) is 6.02. The lowest BCUT2D eigenvalue weighted by molar-refractivity contribution is 0.0953. The number of anilines is 2. The van der Waals surface area contributed by atoms with Crippen LogP contribution in [0.25, 0.3) is 0 Å². The molecule has 0 bridgehead atoms. The summed E-state index contributed by atoms with van der Waals surface area (Å²) < 4.78 is 5.01. The van der Waals surface area contributed by atoms with Gasteiger partial charge in [0.15, 0.2) is 5.82 Å². The van der Waals surface area contributed by atoms with E-state index in [9.17, 15) is 4.79 Å². The van der Waals surface area contributed by atoms with Gasteiger partial charge in [-0.3, -0.25) is 9.78 Å². The molecule has 24 heavy (non-hydrogen) atoms. The summed E-state index contributed by atoms with van der Waals surface area (Å²) in [6.07, 6.45) is 11.3. The topological polar surface area (TPSA) is 80.0 Å².